The van der Waals surface area contributed by atoms with E-state index in [2.05, 4.69) is 26.5 Å². The lowest BCUT2D eigenvalue weighted by Gasteiger charge is -2.56. The van der Waals surface area contributed by atoms with E-state index in [-0.39, 0.29) is 6.04 Å². The van der Waals surface area contributed by atoms with E-state index >= 15 is 0 Å². The van der Waals surface area contributed by atoms with Crippen LogP contribution in [0.15, 0.2) is 10.7 Å². The van der Waals surface area contributed by atoms with Crippen LogP contribution in [0, 0.1) is 29.6 Å². The summed E-state index contributed by atoms with van der Waals surface area (Å²) >= 11 is 3.65. The molecule has 5 rings (SSSR count). The SMILES string of the molecule is Cn1ncc(Br)c1C(NN)C1C2CC3CC(C2)CC1C3. The number of hydrogen-bond donors (Lipinski definition) is 2. The van der Waals surface area contributed by atoms with Crippen LogP contribution in [-0.4, -0.2) is 9.78 Å². The van der Waals surface area contributed by atoms with Crippen molar-refractivity contribution in [2.45, 2.75) is 38.1 Å². The average molecular weight is 339 g/mol. The number of aryl methyl sites for hydroxylation is 1. The molecule has 1 atom stereocenters. The van der Waals surface area contributed by atoms with Crippen LogP contribution in [0.4, 0.5) is 0 Å². The van der Waals surface area contributed by atoms with Gasteiger partial charge in [-0.05, 0) is 77.6 Å². The van der Waals surface area contributed by atoms with Crippen LogP contribution in [0.1, 0.15) is 43.8 Å². The Kier molecular flexibility index (Phi) is 3.20. The Hall–Kier alpha value is -0.390. The smallest absolute Gasteiger partial charge is 0.0708 e. The maximum atomic E-state index is 5.97. The van der Waals surface area contributed by atoms with Gasteiger partial charge in [-0.2, -0.15) is 5.10 Å². The third-order valence-corrected chi connectivity index (χ3v) is 6.71. The molecule has 0 spiro atoms. The summed E-state index contributed by atoms with van der Waals surface area (Å²) in [5.74, 6) is 10.4. The van der Waals surface area contributed by atoms with Gasteiger partial charge in [-0.25, -0.2) is 0 Å². The van der Waals surface area contributed by atoms with E-state index in [1.807, 2.05) is 17.9 Å². The van der Waals surface area contributed by atoms with Gasteiger partial charge in [-0.15, -0.1) is 0 Å². The molecule has 0 aliphatic heterocycles. The number of rotatable bonds is 3. The van der Waals surface area contributed by atoms with E-state index in [0.29, 0.717) is 5.92 Å². The van der Waals surface area contributed by atoms with Crippen molar-refractivity contribution in [3.8, 4) is 0 Å². The first-order valence-corrected chi connectivity index (χ1v) is 8.60. The molecular weight excluding hydrogens is 316 g/mol. The fourth-order valence-electron chi connectivity index (χ4n) is 5.65. The molecule has 4 aliphatic rings. The zero-order valence-electron chi connectivity index (χ0n) is 11.9. The first-order valence-electron chi connectivity index (χ1n) is 7.81. The minimum absolute atomic E-state index is 0.229. The zero-order valence-corrected chi connectivity index (χ0v) is 13.5. The Labute approximate surface area is 128 Å². The maximum absolute atomic E-state index is 5.97. The first-order chi connectivity index (χ1) is 9.67. The lowest BCUT2D eigenvalue weighted by Crippen LogP contribution is -2.51. The highest BCUT2D eigenvalue weighted by molar-refractivity contribution is 9.10. The second kappa shape index (κ2) is 4.82. The Morgan fingerprint density at radius 3 is 2.30 bits per heavy atom. The van der Waals surface area contributed by atoms with Gasteiger partial charge in [-0.3, -0.25) is 16.0 Å². The molecule has 1 aromatic heterocycles. The van der Waals surface area contributed by atoms with Crippen molar-refractivity contribution in [2.24, 2.45) is 42.5 Å². The van der Waals surface area contributed by atoms with Crippen molar-refractivity contribution < 1.29 is 0 Å². The number of nitrogens with one attached hydrogen (secondary N) is 1. The normalized spacial score (nSPS) is 40.2. The van der Waals surface area contributed by atoms with Gasteiger partial charge in [0.2, 0.25) is 0 Å². The van der Waals surface area contributed by atoms with Crippen molar-refractivity contribution in [3.63, 3.8) is 0 Å². The van der Waals surface area contributed by atoms with E-state index in [9.17, 15) is 0 Å². The summed E-state index contributed by atoms with van der Waals surface area (Å²) in [7, 11) is 2.01. The summed E-state index contributed by atoms with van der Waals surface area (Å²) < 4.78 is 3.05. The van der Waals surface area contributed by atoms with Crippen LogP contribution in [0.2, 0.25) is 0 Å². The average Bonchev–Trinajstić information content (AvgIpc) is 2.73. The molecule has 0 saturated heterocycles. The fraction of sp³-hybridized carbons (Fsp3) is 0.800. The molecule has 4 bridgehead atoms. The van der Waals surface area contributed by atoms with Crippen LogP contribution >= 0.6 is 15.9 Å². The van der Waals surface area contributed by atoms with Crippen LogP contribution in [0.5, 0.6) is 0 Å². The van der Waals surface area contributed by atoms with Gasteiger partial charge >= 0.3 is 0 Å². The van der Waals surface area contributed by atoms with Gasteiger partial charge < -0.3 is 0 Å². The summed E-state index contributed by atoms with van der Waals surface area (Å²) in [5.41, 5.74) is 4.34. The highest BCUT2D eigenvalue weighted by atomic mass is 79.9. The predicted molar refractivity (Wildman–Crippen MR) is 81.5 cm³/mol. The molecule has 4 aliphatic carbocycles. The Balaban J connectivity index is 1.68. The number of hydrogen-bond acceptors (Lipinski definition) is 3. The van der Waals surface area contributed by atoms with Crippen molar-refractivity contribution >= 4 is 15.9 Å². The summed E-state index contributed by atoms with van der Waals surface area (Å²) in [6.45, 7) is 0. The molecular formula is C15H23BrN4. The van der Waals surface area contributed by atoms with Crippen LogP contribution < -0.4 is 11.3 Å². The van der Waals surface area contributed by atoms with E-state index in [0.717, 1.165) is 28.1 Å². The zero-order chi connectivity index (χ0) is 13.9. The third kappa shape index (κ3) is 1.90. The second-order valence-corrected chi connectivity index (χ2v) is 8.01. The molecule has 4 nitrogen and oxygen atoms in total. The lowest BCUT2D eigenvalue weighted by atomic mass is 9.50. The summed E-state index contributed by atoms with van der Waals surface area (Å²) in [6.07, 6.45) is 9.07. The topological polar surface area (TPSA) is 55.9 Å². The van der Waals surface area contributed by atoms with Gasteiger partial charge in [-0.1, -0.05) is 0 Å². The summed E-state index contributed by atoms with van der Waals surface area (Å²) in [4.78, 5) is 0. The van der Waals surface area contributed by atoms with E-state index < -0.39 is 0 Å². The molecule has 4 fully saturated rings. The minimum atomic E-state index is 0.229. The third-order valence-electron chi connectivity index (χ3n) is 6.10. The maximum Gasteiger partial charge on any atom is 0.0708 e. The van der Waals surface area contributed by atoms with Crippen molar-refractivity contribution in [1.82, 2.24) is 15.2 Å². The second-order valence-electron chi connectivity index (χ2n) is 7.15. The number of aromatic nitrogens is 2. The number of hydrazine groups is 1. The molecule has 1 aromatic rings. The predicted octanol–water partition coefficient (Wildman–Crippen LogP) is 2.76. The fourth-order valence-corrected chi connectivity index (χ4v) is 6.25. The molecule has 110 valence electrons. The monoisotopic (exact) mass is 338 g/mol. The van der Waals surface area contributed by atoms with Gasteiger partial charge in [0.05, 0.1) is 22.4 Å². The van der Waals surface area contributed by atoms with Crippen LogP contribution in [0.25, 0.3) is 0 Å². The molecule has 0 aromatic carbocycles. The molecule has 1 heterocycles. The lowest BCUT2D eigenvalue weighted by molar-refractivity contribution is -0.0537. The van der Waals surface area contributed by atoms with E-state index in [1.54, 1.807) is 0 Å². The Morgan fingerprint density at radius 1 is 1.25 bits per heavy atom. The number of halogens is 1. The molecule has 1 unspecified atom stereocenters. The summed E-state index contributed by atoms with van der Waals surface area (Å²) in [5, 5.41) is 4.37. The van der Waals surface area contributed by atoms with E-state index in [1.165, 1.54) is 37.8 Å². The first kappa shape index (κ1) is 13.3. The molecule has 0 amide bonds. The highest BCUT2D eigenvalue weighted by Gasteiger charge is 2.51. The van der Waals surface area contributed by atoms with Crippen LogP contribution in [-0.2, 0) is 7.05 Å². The van der Waals surface area contributed by atoms with Gasteiger partial charge in [0.25, 0.3) is 0 Å². The van der Waals surface area contributed by atoms with Crippen molar-refractivity contribution in [2.75, 3.05) is 0 Å². The van der Waals surface area contributed by atoms with Gasteiger partial charge in [0.15, 0.2) is 0 Å². The summed E-state index contributed by atoms with van der Waals surface area (Å²) in [6, 6.07) is 0.229. The largest absolute Gasteiger partial charge is 0.271 e. The standard InChI is InChI=1S/C15H23BrN4/c1-20-15(12(16)7-18-20)14(19-17)13-10-3-8-2-9(5-10)6-11(13)4-8/h7-11,13-14,19H,2-6,17H2,1H3. The number of nitrogens with two attached hydrogens (primary N) is 1. The minimum Gasteiger partial charge on any atom is -0.271 e. The van der Waals surface area contributed by atoms with Gasteiger partial charge in [0, 0.05) is 7.05 Å². The Bertz CT molecular complexity index is 464. The quantitative estimate of drug-likeness (QED) is 0.658. The van der Waals surface area contributed by atoms with Crippen LogP contribution in [0.3, 0.4) is 0 Å². The van der Waals surface area contributed by atoms with E-state index in [4.69, 9.17) is 5.84 Å². The van der Waals surface area contributed by atoms with Gasteiger partial charge in [0.1, 0.15) is 0 Å². The molecule has 20 heavy (non-hydrogen) atoms. The molecule has 0 radical (unpaired) electrons. The van der Waals surface area contributed by atoms with Crippen molar-refractivity contribution in [1.29, 1.82) is 0 Å². The molecule has 4 saturated carbocycles. The number of nitrogens with zero attached hydrogens (tertiary/aromatic N) is 2. The Morgan fingerprint density at radius 2 is 1.85 bits per heavy atom. The molecule has 3 N–H and O–H groups in total. The van der Waals surface area contributed by atoms with Crippen molar-refractivity contribution in [3.05, 3.63) is 16.4 Å². The highest BCUT2D eigenvalue weighted by Crippen LogP contribution is 2.59. The molecule has 5 heteroatoms.